The van der Waals surface area contributed by atoms with Crippen molar-refractivity contribution in [3.63, 3.8) is 0 Å². The third-order valence-corrected chi connectivity index (χ3v) is 7.13. The van der Waals surface area contributed by atoms with Gasteiger partial charge in [-0.25, -0.2) is 0 Å². The largest absolute Gasteiger partial charge is 0.487 e. The highest BCUT2D eigenvalue weighted by molar-refractivity contribution is 5.80. The number of fused-ring (bicyclic) bond motifs is 1. The Morgan fingerprint density at radius 1 is 0.971 bits per heavy atom. The summed E-state index contributed by atoms with van der Waals surface area (Å²) >= 11 is 0. The van der Waals surface area contributed by atoms with Crippen LogP contribution in [0.5, 0.6) is 11.5 Å². The van der Waals surface area contributed by atoms with E-state index in [2.05, 4.69) is 20.8 Å². The normalized spacial score (nSPS) is 18.3. The molecule has 1 aromatic rings. The summed E-state index contributed by atoms with van der Waals surface area (Å²) in [6.45, 7) is 16.5. The van der Waals surface area contributed by atoms with Crippen LogP contribution in [0.2, 0.25) is 0 Å². The van der Waals surface area contributed by atoms with Crippen molar-refractivity contribution in [1.82, 2.24) is 0 Å². The molecule has 0 fully saturated rings. The molecule has 1 aromatic carbocycles. The maximum absolute atomic E-state index is 12.5. The minimum atomic E-state index is -0.412. The average molecular weight is 475 g/mol. The van der Waals surface area contributed by atoms with E-state index in [0.29, 0.717) is 5.75 Å². The lowest BCUT2D eigenvalue weighted by molar-refractivity contribution is -0.150. The number of esters is 2. The fourth-order valence-electron chi connectivity index (χ4n) is 4.82. The highest BCUT2D eigenvalue weighted by Crippen LogP contribution is 2.45. The molecule has 1 aliphatic rings. The Balaban J connectivity index is 2.06. The summed E-state index contributed by atoms with van der Waals surface area (Å²) in [5.74, 6) is 1.55. The first kappa shape index (κ1) is 28.2. The molecule has 0 spiro atoms. The second-order valence-electron chi connectivity index (χ2n) is 10.7. The number of ether oxygens (including phenoxy) is 3. The van der Waals surface area contributed by atoms with E-state index < -0.39 is 5.97 Å². The molecule has 0 aromatic heterocycles. The first-order chi connectivity index (χ1) is 16.0. The molecule has 0 amide bonds. The van der Waals surface area contributed by atoms with Gasteiger partial charge in [0.25, 0.3) is 0 Å². The number of rotatable bonds is 12. The van der Waals surface area contributed by atoms with Gasteiger partial charge in [-0.2, -0.15) is 0 Å². The van der Waals surface area contributed by atoms with Crippen LogP contribution in [0.15, 0.2) is 0 Å². The molecule has 0 bridgehead atoms. The molecule has 2 rings (SSSR count). The van der Waals surface area contributed by atoms with Crippen LogP contribution < -0.4 is 9.47 Å². The topological polar surface area (TPSA) is 61.8 Å². The molecule has 34 heavy (non-hydrogen) atoms. The Morgan fingerprint density at radius 2 is 1.62 bits per heavy atom. The number of hydrogen-bond donors (Lipinski definition) is 0. The summed E-state index contributed by atoms with van der Waals surface area (Å²) in [6.07, 6.45) is 9.10. The summed E-state index contributed by atoms with van der Waals surface area (Å²) in [6, 6.07) is 0. The quantitative estimate of drug-likeness (QED) is 0.234. The molecule has 2 atom stereocenters. The van der Waals surface area contributed by atoms with Gasteiger partial charge in [-0.3, -0.25) is 9.59 Å². The highest BCUT2D eigenvalue weighted by atomic mass is 16.5. The Hall–Kier alpha value is -2.04. The van der Waals surface area contributed by atoms with Crippen LogP contribution in [0.25, 0.3) is 0 Å². The van der Waals surface area contributed by atoms with E-state index in [1.807, 2.05) is 20.8 Å². The van der Waals surface area contributed by atoms with Crippen molar-refractivity contribution in [3.8, 4) is 11.5 Å². The smallest absolute Gasteiger partial charge is 0.311 e. The van der Waals surface area contributed by atoms with E-state index in [1.165, 1.54) is 32.1 Å². The molecule has 0 saturated carbocycles. The van der Waals surface area contributed by atoms with Crippen molar-refractivity contribution >= 4 is 11.9 Å². The van der Waals surface area contributed by atoms with Gasteiger partial charge in [0, 0.05) is 5.56 Å². The fraction of sp³-hybridized carbons (Fsp3) is 0.724. The maximum atomic E-state index is 12.5. The van der Waals surface area contributed by atoms with E-state index in [1.54, 1.807) is 13.8 Å². The zero-order valence-corrected chi connectivity index (χ0v) is 22.8. The third kappa shape index (κ3) is 7.74. The van der Waals surface area contributed by atoms with Crippen molar-refractivity contribution in [2.24, 2.45) is 5.92 Å². The Bertz CT molecular complexity index is 857. The van der Waals surface area contributed by atoms with Crippen LogP contribution in [0.1, 0.15) is 115 Å². The van der Waals surface area contributed by atoms with Crippen LogP contribution >= 0.6 is 0 Å². The molecule has 192 valence electrons. The van der Waals surface area contributed by atoms with Gasteiger partial charge in [-0.05, 0) is 89.8 Å². The maximum Gasteiger partial charge on any atom is 0.311 e. The lowest BCUT2D eigenvalue weighted by atomic mass is 9.84. The van der Waals surface area contributed by atoms with E-state index >= 15 is 0 Å². The number of benzene rings is 1. The van der Waals surface area contributed by atoms with E-state index in [4.69, 9.17) is 14.2 Å². The molecule has 1 heterocycles. The Morgan fingerprint density at radius 3 is 2.26 bits per heavy atom. The van der Waals surface area contributed by atoms with Gasteiger partial charge in [-0.1, -0.05) is 39.5 Å². The summed E-state index contributed by atoms with van der Waals surface area (Å²) in [5.41, 5.74) is 3.90. The second kappa shape index (κ2) is 12.6. The third-order valence-electron chi connectivity index (χ3n) is 7.13. The molecule has 0 N–H and O–H groups in total. The first-order valence-electron chi connectivity index (χ1n) is 13.2. The molecule has 0 aliphatic carbocycles. The van der Waals surface area contributed by atoms with Gasteiger partial charge in [-0.15, -0.1) is 0 Å². The van der Waals surface area contributed by atoms with E-state index in [-0.39, 0.29) is 30.5 Å². The minimum absolute atomic E-state index is 0.00577. The molecular weight excluding hydrogens is 428 g/mol. The minimum Gasteiger partial charge on any atom is -0.487 e. The van der Waals surface area contributed by atoms with Crippen LogP contribution in [0.4, 0.5) is 0 Å². The average Bonchev–Trinajstić information content (AvgIpc) is 2.77. The number of carbonyl (C=O) groups excluding carboxylic acids is 2. The van der Waals surface area contributed by atoms with Gasteiger partial charge in [0.05, 0.1) is 18.9 Å². The monoisotopic (exact) mass is 474 g/mol. The van der Waals surface area contributed by atoms with Gasteiger partial charge in [0.1, 0.15) is 17.1 Å². The standard InChI is InChI=1S/C29H46O5/c1-9-10-12-20(4)13-11-17-29(8)18-16-24-23(7)27(21(5)22(6)28(24)34-29)33-26(31)15-14-25(30)32-19(2)3/h19-20H,9-18H2,1-8H3. The van der Waals surface area contributed by atoms with Crippen LogP contribution in [-0.2, 0) is 20.7 Å². The van der Waals surface area contributed by atoms with Gasteiger partial charge in [0.2, 0.25) is 0 Å². The van der Waals surface area contributed by atoms with Crippen molar-refractivity contribution in [2.45, 2.75) is 131 Å². The number of carbonyl (C=O) groups is 2. The summed E-state index contributed by atoms with van der Waals surface area (Å²) in [5, 5.41) is 0. The van der Waals surface area contributed by atoms with Crippen molar-refractivity contribution in [1.29, 1.82) is 0 Å². The fourth-order valence-corrected chi connectivity index (χ4v) is 4.82. The molecule has 5 heteroatoms. The SMILES string of the molecule is CCCCC(C)CCCC1(C)CCc2c(C)c(OC(=O)CCC(=O)OC(C)C)c(C)c(C)c2O1. The Labute approximate surface area is 206 Å². The number of unbranched alkanes of at least 4 members (excludes halogenated alkanes) is 1. The summed E-state index contributed by atoms with van der Waals surface area (Å²) in [4.78, 5) is 24.2. The molecule has 0 radical (unpaired) electrons. The Kier molecular flexibility index (Phi) is 10.5. The zero-order chi connectivity index (χ0) is 25.5. The van der Waals surface area contributed by atoms with Gasteiger partial charge in [0.15, 0.2) is 0 Å². The lowest BCUT2D eigenvalue weighted by Crippen LogP contribution is -2.37. The van der Waals surface area contributed by atoms with E-state index in [9.17, 15) is 9.59 Å². The number of hydrogen-bond acceptors (Lipinski definition) is 5. The van der Waals surface area contributed by atoms with Crippen LogP contribution in [0, 0.1) is 26.7 Å². The van der Waals surface area contributed by atoms with Gasteiger partial charge < -0.3 is 14.2 Å². The van der Waals surface area contributed by atoms with Gasteiger partial charge >= 0.3 is 11.9 Å². The van der Waals surface area contributed by atoms with E-state index in [0.717, 1.165) is 53.2 Å². The predicted molar refractivity (Wildman–Crippen MR) is 137 cm³/mol. The summed E-state index contributed by atoms with van der Waals surface area (Å²) < 4.78 is 17.5. The lowest BCUT2D eigenvalue weighted by Gasteiger charge is -2.38. The van der Waals surface area contributed by atoms with Crippen molar-refractivity contribution in [2.75, 3.05) is 0 Å². The van der Waals surface area contributed by atoms with Crippen molar-refractivity contribution in [3.05, 3.63) is 22.3 Å². The molecule has 0 saturated heterocycles. The molecule has 5 nitrogen and oxygen atoms in total. The first-order valence-corrected chi connectivity index (χ1v) is 13.2. The molecular formula is C29H46O5. The van der Waals surface area contributed by atoms with Crippen LogP contribution in [-0.4, -0.2) is 23.6 Å². The van der Waals surface area contributed by atoms with Crippen molar-refractivity contribution < 1.29 is 23.8 Å². The molecule has 1 aliphatic heterocycles. The second-order valence-corrected chi connectivity index (χ2v) is 10.7. The zero-order valence-electron chi connectivity index (χ0n) is 22.8. The van der Waals surface area contributed by atoms with Crippen LogP contribution in [0.3, 0.4) is 0 Å². The predicted octanol–water partition coefficient (Wildman–Crippen LogP) is 7.33. The summed E-state index contributed by atoms with van der Waals surface area (Å²) in [7, 11) is 0. The molecule has 2 unspecified atom stereocenters. The highest BCUT2D eigenvalue weighted by Gasteiger charge is 2.34.